The molecule has 2 rings (SSSR count). The summed E-state index contributed by atoms with van der Waals surface area (Å²) in [5.74, 6) is 0.107. The summed E-state index contributed by atoms with van der Waals surface area (Å²) in [5, 5.41) is 15.1. The van der Waals surface area contributed by atoms with E-state index < -0.39 is 0 Å². The van der Waals surface area contributed by atoms with Gasteiger partial charge in [-0.25, -0.2) is 9.50 Å². The fourth-order valence-corrected chi connectivity index (χ4v) is 1.91. The molecular formula is C12H20BrN5O. The van der Waals surface area contributed by atoms with Crippen molar-refractivity contribution in [3.05, 3.63) is 16.5 Å². The topological polar surface area (TPSA) is 70.6 Å². The van der Waals surface area contributed by atoms with Crippen molar-refractivity contribution >= 4 is 21.7 Å². The number of nitrogens with one attached hydrogen (secondary N) is 1. The summed E-state index contributed by atoms with van der Waals surface area (Å²) >= 11 is 3.12. The van der Waals surface area contributed by atoms with Crippen LogP contribution in [0.5, 0.6) is 5.88 Å². The van der Waals surface area contributed by atoms with E-state index >= 15 is 0 Å². The number of aryl methyl sites for hydroxylation is 1. The van der Waals surface area contributed by atoms with Crippen molar-refractivity contribution < 1.29 is 10.0 Å². The van der Waals surface area contributed by atoms with Crippen LogP contribution < -0.4 is 10.0 Å². The molecule has 0 aliphatic rings. The summed E-state index contributed by atoms with van der Waals surface area (Å²) in [6.45, 7) is 12.2. The molecule has 0 bridgehead atoms. The Kier molecular flexibility index (Phi) is 6.17. The number of halogens is 1. The molecule has 0 radical (unpaired) electrons. The highest BCUT2D eigenvalue weighted by atomic mass is 79.9. The van der Waals surface area contributed by atoms with Gasteiger partial charge in [-0.05, 0) is 43.6 Å². The predicted molar refractivity (Wildman–Crippen MR) is 75.3 cm³/mol. The average Bonchev–Trinajstić information content (AvgIpc) is 2.87. The first-order valence-electron chi connectivity index (χ1n) is 6.41. The zero-order chi connectivity index (χ0) is 14.4. The maximum atomic E-state index is 11.4. The third-order valence-corrected chi connectivity index (χ3v) is 3.91. The Morgan fingerprint density at radius 3 is 2.32 bits per heavy atom. The van der Waals surface area contributed by atoms with Crippen molar-refractivity contribution in [2.24, 2.45) is 0 Å². The molecule has 0 aliphatic heterocycles. The van der Waals surface area contributed by atoms with Crippen molar-refractivity contribution in [3.8, 4) is 5.88 Å². The molecule has 0 aromatic carbocycles. The lowest BCUT2D eigenvalue weighted by molar-refractivity contribution is -0.894. The highest BCUT2D eigenvalue weighted by molar-refractivity contribution is 9.10. The second kappa shape index (κ2) is 7.40. The molecule has 0 saturated carbocycles. The first-order valence-corrected chi connectivity index (χ1v) is 7.20. The van der Waals surface area contributed by atoms with Crippen molar-refractivity contribution in [1.29, 1.82) is 0 Å². The van der Waals surface area contributed by atoms with Crippen LogP contribution in [-0.2, 0) is 0 Å². The molecule has 106 valence electrons. The largest absolute Gasteiger partial charge is 0.858 e. The second-order valence-corrected chi connectivity index (χ2v) is 4.89. The van der Waals surface area contributed by atoms with Crippen LogP contribution in [0.15, 0.2) is 10.8 Å². The first-order chi connectivity index (χ1) is 9.04. The summed E-state index contributed by atoms with van der Waals surface area (Å²) in [4.78, 5) is 9.52. The molecule has 2 aromatic rings. The fraction of sp³-hybridized carbons (Fsp3) is 0.583. The van der Waals surface area contributed by atoms with E-state index in [0.29, 0.717) is 15.9 Å². The van der Waals surface area contributed by atoms with Crippen LogP contribution in [0.4, 0.5) is 0 Å². The van der Waals surface area contributed by atoms with Gasteiger partial charge < -0.3 is 10.0 Å². The lowest BCUT2D eigenvalue weighted by Crippen LogP contribution is -3.11. The van der Waals surface area contributed by atoms with Gasteiger partial charge in [0, 0.05) is 10.4 Å². The minimum absolute atomic E-state index is 0.227. The molecule has 7 heteroatoms. The number of rotatable bonds is 3. The molecule has 2 aromatic heterocycles. The minimum Gasteiger partial charge on any atom is -0.858 e. The molecule has 0 amide bonds. The Morgan fingerprint density at radius 1 is 1.26 bits per heavy atom. The third kappa shape index (κ3) is 3.87. The van der Waals surface area contributed by atoms with Gasteiger partial charge in [0.2, 0.25) is 0 Å². The average molecular weight is 330 g/mol. The molecule has 19 heavy (non-hydrogen) atoms. The van der Waals surface area contributed by atoms with E-state index in [9.17, 15) is 5.11 Å². The van der Waals surface area contributed by atoms with Gasteiger partial charge in [-0.1, -0.05) is 0 Å². The van der Waals surface area contributed by atoms with Crippen molar-refractivity contribution in [1.82, 2.24) is 19.6 Å². The van der Waals surface area contributed by atoms with Gasteiger partial charge >= 0.3 is 0 Å². The van der Waals surface area contributed by atoms with E-state index in [1.54, 1.807) is 11.8 Å². The maximum Gasteiger partial charge on any atom is 0.251 e. The normalized spacial score (nSPS) is 10.6. The molecular weight excluding hydrogens is 310 g/mol. The van der Waals surface area contributed by atoms with Gasteiger partial charge in [-0.2, -0.15) is 10.1 Å². The summed E-state index contributed by atoms with van der Waals surface area (Å²) in [6.07, 6.45) is 1.30. The van der Waals surface area contributed by atoms with Crippen molar-refractivity contribution in [2.45, 2.75) is 27.7 Å². The molecule has 0 atom stereocenters. The van der Waals surface area contributed by atoms with Crippen LogP contribution in [0, 0.1) is 6.92 Å². The van der Waals surface area contributed by atoms with Gasteiger partial charge in [0.15, 0.2) is 0 Å². The van der Waals surface area contributed by atoms with Gasteiger partial charge in [0.05, 0.1) is 25.3 Å². The van der Waals surface area contributed by atoms with Crippen LogP contribution in [0.2, 0.25) is 0 Å². The van der Waals surface area contributed by atoms with E-state index in [2.05, 4.69) is 51.8 Å². The van der Waals surface area contributed by atoms with Crippen LogP contribution in [0.25, 0.3) is 5.78 Å². The molecule has 6 nitrogen and oxygen atoms in total. The molecule has 0 unspecified atom stereocenters. The van der Waals surface area contributed by atoms with Crippen LogP contribution in [-0.4, -0.2) is 39.2 Å². The summed E-state index contributed by atoms with van der Waals surface area (Å²) in [7, 11) is 0. The molecule has 0 aliphatic carbocycles. The fourth-order valence-electron chi connectivity index (χ4n) is 1.65. The van der Waals surface area contributed by atoms with Crippen LogP contribution in [0.1, 0.15) is 26.5 Å². The molecule has 0 fully saturated rings. The highest BCUT2D eigenvalue weighted by Gasteiger charge is 2.03. The smallest absolute Gasteiger partial charge is 0.251 e. The number of aromatic nitrogens is 4. The van der Waals surface area contributed by atoms with Crippen molar-refractivity contribution in [3.63, 3.8) is 0 Å². The lowest BCUT2D eigenvalue weighted by Gasteiger charge is -2.10. The zero-order valence-electron chi connectivity index (χ0n) is 11.8. The maximum absolute atomic E-state index is 11.4. The molecule has 1 N–H and O–H groups in total. The van der Waals surface area contributed by atoms with E-state index in [0.717, 1.165) is 4.52 Å². The molecule has 0 spiro atoms. The Balaban J connectivity index is 0.000000224. The summed E-state index contributed by atoms with van der Waals surface area (Å²) < 4.78 is 1.58. The van der Waals surface area contributed by atoms with Crippen LogP contribution in [0.3, 0.4) is 0 Å². The first kappa shape index (κ1) is 15.8. The number of hydrogen-bond acceptors (Lipinski definition) is 4. The van der Waals surface area contributed by atoms with E-state index in [4.69, 9.17) is 0 Å². The summed E-state index contributed by atoms with van der Waals surface area (Å²) in [6, 6.07) is 0. The van der Waals surface area contributed by atoms with E-state index in [1.165, 1.54) is 26.0 Å². The second-order valence-electron chi connectivity index (χ2n) is 4.10. The monoisotopic (exact) mass is 329 g/mol. The van der Waals surface area contributed by atoms with E-state index in [-0.39, 0.29) is 5.88 Å². The number of quaternary nitrogens is 1. The number of hydrogen-bond donors (Lipinski definition) is 1. The summed E-state index contributed by atoms with van der Waals surface area (Å²) in [5.41, 5.74) is 0.625. The van der Waals surface area contributed by atoms with Gasteiger partial charge in [0.25, 0.3) is 5.78 Å². The highest BCUT2D eigenvalue weighted by Crippen LogP contribution is 2.22. The van der Waals surface area contributed by atoms with Gasteiger partial charge in [0.1, 0.15) is 6.33 Å². The Morgan fingerprint density at radius 2 is 1.84 bits per heavy atom. The lowest BCUT2D eigenvalue weighted by atomic mass is 10.4. The van der Waals surface area contributed by atoms with Crippen LogP contribution >= 0.6 is 15.9 Å². The number of nitrogens with zero attached hydrogens (tertiary/aromatic N) is 4. The Bertz CT molecular complexity index is 519. The van der Waals surface area contributed by atoms with Gasteiger partial charge in [-0.15, -0.1) is 0 Å². The van der Waals surface area contributed by atoms with E-state index in [1.807, 2.05) is 0 Å². The standard InChI is InChI=1S/C6H5BrN4O.C6H15N/c1-3-4(7)5(12)11-6(10-3)8-2-9-11;1-4-7(5-2)6-3/h2,12H,1H3;4-6H2,1-3H3. The van der Waals surface area contributed by atoms with Crippen molar-refractivity contribution in [2.75, 3.05) is 19.6 Å². The predicted octanol–water partition coefficient (Wildman–Crippen LogP) is 0.200. The Labute approximate surface area is 121 Å². The molecule has 0 saturated heterocycles. The molecule has 2 heterocycles. The SMILES string of the molecule is CC[NH+](CC)CC.Cc1nc2ncnn2c([O-])c1Br. The zero-order valence-corrected chi connectivity index (χ0v) is 13.4. The quantitative estimate of drug-likeness (QED) is 0.873. The van der Waals surface area contributed by atoms with Gasteiger partial charge in [-0.3, -0.25) is 0 Å². The number of fused-ring (bicyclic) bond motifs is 1. The Hall–Kier alpha value is -1.21. The third-order valence-electron chi connectivity index (χ3n) is 3.00. The minimum atomic E-state index is -0.227.